The molecule has 1 aromatic rings. The Hall–Kier alpha value is -3.00. The van der Waals surface area contributed by atoms with Crippen molar-refractivity contribution in [3.05, 3.63) is 65.3 Å². The third kappa shape index (κ3) is 1.85. The summed E-state index contributed by atoms with van der Waals surface area (Å²) in [6.07, 6.45) is 5.14. The Labute approximate surface area is 146 Å². The van der Waals surface area contributed by atoms with Gasteiger partial charge in [-0.2, -0.15) is 5.26 Å². The van der Waals surface area contributed by atoms with E-state index >= 15 is 0 Å². The van der Waals surface area contributed by atoms with Gasteiger partial charge >= 0.3 is 0 Å². The molecule has 2 N–H and O–H groups in total. The Kier molecular flexibility index (Phi) is 3.43. The highest BCUT2D eigenvalue weighted by Crippen LogP contribution is 2.56. The number of carbonyl (C=O) groups excluding carboxylic acids is 1. The molecule has 5 heteroatoms. The number of amides is 1. The van der Waals surface area contributed by atoms with Gasteiger partial charge in [-0.05, 0) is 30.9 Å². The Morgan fingerprint density at radius 1 is 1.36 bits per heavy atom. The molecule has 5 nitrogen and oxygen atoms in total. The molecule has 1 aliphatic carbocycles. The van der Waals surface area contributed by atoms with Crippen molar-refractivity contribution in [2.45, 2.75) is 31.1 Å². The molecule has 0 saturated carbocycles. The largest absolute Gasteiger partial charge is 0.445 e. The first-order valence-corrected chi connectivity index (χ1v) is 8.49. The number of anilines is 1. The SMILES string of the molecule is C=CCN1C(=O)C2(C(C#N)=C(N)OC3=C2CCCC3)c2ccccc21. The predicted molar refractivity (Wildman–Crippen MR) is 94.1 cm³/mol. The smallest absolute Gasteiger partial charge is 0.247 e. The lowest BCUT2D eigenvalue weighted by Gasteiger charge is -2.38. The molecule has 1 atom stereocenters. The number of hydrogen-bond donors (Lipinski definition) is 1. The topological polar surface area (TPSA) is 79.4 Å². The van der Waals surface area contributed by atoms with Crippen molar-refractivity contribution in [2.75, 3.05) is 11.4 Å². The van der Waals surface area contributed by atoms with E-state index in [1.807, 2.05) is 24.3 Å². The minimum absolute atomic E-state index is 0.0479. The fraction of sp³-hybridized carbons (Fsp3) is 0.300. The predicted octanol–water partition coefficient (Wildman–Crippen LogP) is 3.01. The molecule has 0 aromatic heterocycles. The van der Waals surface area contributed by atoms with E-state index in [0.717, 1.165) is 48.3 Å². The van der Waals surface area contributed by atoms with Crippen LogP contribution in [0.25, 0.3) is 0 Å². The summed E-state index contributed by atoms with van der Waals surface area (Å²) in [5.74, 6) is 0.670. The van der Waals surface area contributed by atoms with Gasteiger partial charge in [0.15, 0.2) is 0 Å². The van der Waals surface area contributed by atoms with Gasteiger partial charge in [-0.25, -0.2) is 0 Å². The number of nitriles is 1. The monoisotopic (exact) mass is 333 g/mol. The van der Waals surface area contributed by atoms with Crippen molar-refractivity contribution in [2.24, 2.45) is 5.73 Å². The second-order valence-electron chi connectivity index (χ2n) is 6.53. The highest BCUT2D eigenvalue weighted by atomic mass is 16.5. The van der Waals surface area contributed by atoms with Gasteiger partial charge in [0.2, 0.25) is 11.8 Å². The normalized spacial score (nSPS) is 24.8. The van der Waals surface area contributed by atoms with Gasteiger partial charge in [0.25, 0.3) is 0 Å². The summed E-state index contributed by atoms with van der Waals surface area (Å²) in [5, 5.41) is 9.86. The van der Waals surface area contributed by atoms with Gasteiger partial charge < -0.3 is 15.4 Å². The number of para-hydroxylation sites is 1. The van der Waals surface area contributed by atoms with Gasteiger partial charge in [-0.15, -0.1) is 6.58 Å². The number of ether oxygens (including phenoxy) is 1. The number of rotatable bonds is 2. The first-order valence-electron chi connectivity index (χ1n) is 8.49. The summed E-state index contributed by atoms with van der Waals surface area (Å²) in [4.78, 5) is 15.3. The minimum atomic E-state index is -1.15. The Morgan fingerprint density at radius 2 is 2.12 bits per heavy atom. The Bertz CT molecular complexity index is 890. The number of allylic oxidation sites excluding steroid dienone is 1. The van der Waals surface area contributed by atoms with E-state index in [0.29, 0.717) is 6.54 Å². The van der Waals surface area contributed by atoms with Crippen molar-refractivity contribution < 1.29 is 9.53 Å². The molecule has 3 aliphatic rings. The van der Waals surface area contributed by atoms with Crippen LogP contribution in [-0.2, 0) is 14.9 Å². The summed E-state index contributed by atoms with van der Waals surface area (Å²) in [7, 11) is 0. The molecule has 0 fully saturated rings. The van der Waals surface area contributed by atoms with Crippen LogP contribution in [0, 0.1) is 11.3 Å². The number of hydrogen-bond acceptors (Lipinski definition) is 4. The third-order valence-corrected chi connectivity index (χ3v) is 5.31. The molecule has 0 radical (unpaired) electrons. The fourth-order valence-electron chi connectivity index (χ4n) is 4.34. The highest BCUT2D eigenvalue weighted by molar-refractivity contribution is 6.13. The van der Waals surface area contributed by atoms with Crippen LogP contribution in [0.1, 0.15) is 31.2 Å². The van der Waals surface area contributed by atoms with Crippen molar-refractivity contribution in [1.29, 1.82) is 5.26 Å². The zero-order valence-electron chi connectivity index (χ0n) is 13.9. The lowest BCUT2D eigenvalue weighted by Crippen LogP contribution is -2.47. The first kappa shape index (κ1) is 15.5. The summed E-state index contributed by atoms with van der Waals surface area (Å²) in [6, 6.07) is 9.81. The van der Waals surface area contributed by atoms with Crippen molar-refractivity contribution in [1.82, 2.24) is 0 Å². The van der Waals surface area contributed by atoms with Crippen LogP contribution in [-0.4, -0.2) is 12.5 Å². The van der Waals surface area contributed by atoms with Crippen molar-refractivity contribution in [3.8, 4) is 6.07 Å². The van der Waals surface area contributed by atoms with Gasteiger partial charge in [-0.1, -0.05) is 24.3 Å². The zero-order chi connectivity index (χ0) is 17.6. The maximum atomic E-state index is 13.6. The van der Waals surface area contributed by atoms with E-state index in [2.05, 4.69) is 12.6 Å². The summed E-state index contributed by atoms with van der Waals surface area (Å²) in [6.45, 7) is 4.16. The van der Waals surface area contributed by atoms with Crippen molar-refractivity contribution >= 4 is 11.6 Å². The van der Waals surface area contributed by atoms with E-state index < -0.39 is 5.41 Å². The second kappa shape index (κ2) is 5.52. The maximum absolute atomic E-state index is 13.6. The molecule has 25 heavy (non-hydrogen) atoms. The van der Waals surface area contributed by atoms with Crippen LogP contribution in [0.5, 0.6) is 0 Å². The lowest BCUT2D eigenvalue weighted by molar-refractivity contribution is -0.121. The molecule has 1 aromatic carbocycles. The van der Waals surface area contributed by atoms with Crippen LogP contribution < -0.4 is 10.6 Å². The number of benzene rings is 1. The van der Waals surface area contributed by atoms with E-state index in [1.165, 1.54) is 0 Å². The average molecular weight is 333 g/mol. The summed E-state index contributed by atoms with van der Waals surface area (Å²) in [5.41, 5.74) is 7.69. The Balaban J connectivity index is 2.07. The van der Waals surface area contributed by atoms with Crippen LogP contribution in [0.15, 0.2) is 59.7 Å². The van der Waals surface area contributed by atoms with Gasteiger partial charge in [-0.3, -0.25) is 4.79 Å². The second-order valence-corrected chi connectivity index (χ2v) is 6.53. The van der Waals surface area contributed by atoms with Crippen LogP contribution in [0.3, 0.4) is 0 Å². The molecule has 1 spiro atoms. The standard InChI is InChI=1S/C20H19N3O2/c1-2-11-23-16-9-5-3-7-13(16)20(19(23)24)14-8-4-6-10-17(14)25-18(22)15(20)12-21/h2-3,5,7,9H,1,4,6,8,10-11,22H2. The maximum Gasteiger partial charge on any atom is 0.247 e. The molecule has 2 heterocycles. The lowest BCUT2D eigenvalue weighted by atomic mass is 9.65. The third-order valence-electron chi connectivity index (χ3n) is 5.31. The fourth-order valence-corrected chi connectivity index (χ4v) is 4.34. The molecule has 1 unspecified atom stereocenters. The average Bonchev–Trinajstić information content (AvgIpc) is 2.86. The molecular formula is C20H19N3O2. The number of carbonyl (C=O) groups is 1. The number of fused-ring (bicyclic) bond motifs is 3. The van der Waals surface area contributed by atoms with E-state index in [4.69, 9.17) is 10.5 Å². The van der Waals surface area contributed by atoms with E-state index in [1.54, 1.807) is 11.0 Å². The molecule has 4 rings (SSSR count). The first-order chi connectivity index (χ1) is 12.2. The zero-order valence-corrected chi connectivity index (χ0v) is 13.9. The molecule has 2 aliphatic heterocycles. The number of nitrogens with two attached hydrogens (primary N) is 1. The summed E-state index contributed by atoms with van der Waals surface area (Å²) >= 11 is 0. The Morgan fingerprint density at radius 3 is 2.88 bits per heavy atom. The highest BCUT2D eigenvalue weighted by Gasteiger charge is 2.59. The van der Waals surface area contributed by atoms with Crippen LogP contribution >= 0.6 is 0 Å². The van der Waals surface area contributed by atoms with Gasteiger partial charge in [0.05, 0.1) is 0 Å². The van der Waals surface area contributed by atoms with Gasteiger partial charge in [0, 0.05) is 24.2 Å². The number of nitrogens with zero attached hydrogens (tertiary/aromatic N) is 2. The van der Waals surface area contributed by atoms with E-state index in [-0.39, 0.29) is 17.4 Å². The molecule has 0 saturated heterocycles. The van der Waals surface area contributed by atoms with Crippen molar-refractivity contribution in [3.63, 3.8) is 0 Å². The quantitative estimate of drug-likeness (QED) is 0.844. The minimum Gasteiger partial charge on any atom is -0.445 e. The molecule has 0 bridgehead atoms. The van der Waals surface area contributed by atoms with Crippen LogP contribution in [0.2, 0.25) is 0 Å². The van der Waals surface area contributed by atoms with E-state index in [9.17, 15) is 10.1 Å². The molecule has 1 amide bonds. The molecular weight excluding hydrogens is 314 g/mol. The van der Waals surface area contributed by atoms with Gasteiger partial charge in [0.1, 0.15) is 22.8 Å². The molecule has 126 valence electrons. The van der Waals surface area contributed by atoms with Crippen LogP contribution in [0.4, 0.5) is 5.69 Å². The summed E-state index contributed by atoms with van der Waals surface area (Å²) < 4.78 is 5.76.